The smallest absolute Gasteiger partial charge is 0.328 e. The average Bonchev–Trinajstić information content (AvgIpc) is 2.26. The number of benzene rings is 1. The molecule has 0 spiro atoms. The lowest BCUT2D eigenvalue weighted by molar-refractivity contribution is -0.156. The van der Waals surface area contributed by atoms with E-state index in [9.17, 15) is 4.79 Å². The van der Waals surface area contributed by atoms with Crippen LogP contribution in [0.3, 0.4) is 0 Å². The van der Waals surface area contributed by atoms with E-state index in [1.165, 1.54) is 0 Å². The number of ether oxygens (including phenoxy) is 1. The van der Waals surface area contributed by atoms with E-state index in [0.717, 1.165) is 0 Å². The monoisotopic (exact) mass is 300 g/mol. The summed E-state index contributed by atoms with van der Waals surface area (Å²) in [6, 6.07) is 5.91. The molecule has 1 rings (SSSR count). The largest absolute Gasteiger partial charge is 0.459 e. The Labute approximate surface area is 124 Å². The molecule has 0 bridgehead atoms. The summed E-state index contributed by atoms with van der Waals surface area (Å²) in [5.74, 6) is -0.494. The van der Waals surface area contributed by atoms with Crippen LogP contribution in [-0.4, -0.2) is 17.5 Å². The molecule has 1 aromatic rings. The van der Waals surface area contributed by atoms with E-state index in [4.69, 9.17) is 21.9 Å². The van der Waals surface area contributed by atoms with Gasteiger partial charge in [-0.05, 0) is 38.5 Å². The third-order valence-corrected chi connectivity index (χ3v) is 2.17. The van der Waals surface area contributed by atoms with Crippen molar-refractivity contribution in [2.45, 2.75) is 32.4 Å². The summed E-state index contributed by atoms with van der Waals surface area (Å²) < 4.78 is 5.22. The molecule has 0 aliphatic heterocycles. The minimum absolute atomic E-state index is 0. The zero-order chi connectivity index (χ0) is 14.6. The van der Waals surface area contributed by atoms with Gasteiger partial charge in [0.05, 0.1) is 5.69 Å². The molecule has 1 aromatic carbocycles. The molecular formula is C13H21ClN4O2. The van der Waals surface area contributed by atoms with Crippen molar-refractivity contribution in [2.75, 3.05) is 0 Å². The standard InChI is InChI=1S/C13H20N4O2.ClH/c1-13(2,3)19-11(18)10(14)8-4-6-9(7-5-8)17-12(15)16;/h4-7,10H,14H2,1-3H3,(H4,15,16,17);1H. The maximum absolute atomic E-state index is 11.8. The molecule has 6 N–H and O–H groups in total. The minimum atomic E-state index is -0.826. The average molecular weight is 301 g/mol. The fourth-order valence-corrected chi connectivity index (χ4v) is 1.41. The van der Waals surface area contributed by atoms with E-state index < -0.39 is 17.6 Å². The lowest BCUT2D eigenvalue weighted by Gasteiger charge is -2.22. The van der Waals surface area contributed by atoms with Gasteiger partial charge >= 0.3 is 5.97 Å². The summed E-state index contributed by atoms with van der Waals surface area (Å²) in [5.41, 5.74) is 17.1. The van der Waals surface area contributed by atoms with E-state index in [-0.39, 0.29) is 18.4 Å². The predicted octanol–water partition coefficient (Wildman–Crippen LogP) is 1.35. The molecule has 1 unspecified atom stereocenters. The van der Waals surface area contributed by atoms with Crippen molar-refractivity contribution in [3.63, 3.8) is 0 Å². The van der Waals surface area contributed by atoms with Crippen molar-refractivity contribution in [1.29, 1.82) is 0 Å². The molecule has 0 aliphatic carbocycles. The highest BCUT2D eigenvalue weighted by molar-refractivity contribution is 5.85. The Morgan fingerprint density at radius 3 is 2.10 bits per heavy atom. The summed E-state index contributed by atoms with van der Waals surface area (Å²) >= 11 is 0. The van der Waals surface area contributed by atoms with Crippen LogP contribution in [-0.2, 0) is 9.53 Å². The number of nitrogens with two attached hydrogens (primary N) is 3. The van der Waals surface area contributed by atoms with Gasteiger partial charge in [0.2, 0.25) is 0 Å². The highest BCUT2D eigenvalue weighted by Crippen LogP contribution is 2.19. The number of aliphatic imine (C=N–C) groups is 1. The first kappa shape index (κ1) is 18.2. The third kappa shape index (κ3) is 5.90. The first-order valence-electron chi connectivity index (χ1n) is 5.87. The Kier molecular flexibility index (Phi) is 6.48. The van der Waals surface area contributed by atoms with Crippen molar-refractivity contribution in [3.05, 3.63) is 29.8 Å². The summed E-state index contributed by atoms with van der Waals surface area (Å²) in [4.78, 5) is 15.7. The number of halogens is 1. The number of hydrogen-bond donors (Lipinski definition) is 3. The van der Waals surface area contributed by atoms with Crippen LogP contribution in [0.15, 0.2) is 29.3 Å². The second-order valence-corrected chi connectivity index (χ2v) is 5.14. The molecule has 112 valence electrons. The molecule has 6 nitrogen and oxygen atoms in total. The summed E-state index contributed by atoms with van der Waals surface area (Å²) in [6.07, 6.45) is 0. The maximum Gasteiger partial charge on any atom is 0.328 e. The quantitative estimate of drug-likeness (QED) is 0.442. The van der Waals surface area contributed by atoms with Gasteiger partial charge in [0.15, 0.2) is 5.96 Å². The zero-order valence-electron chi connectivity index (χ0n) is 11.8. The van der Waals surface area contributed by atoms with Gasteiger partial charge < -0.3 is 21.9 Å². The molecule has 0 aliphatic rings. The highest BCUT2D eigenvalue weighted by Gasteiger charge is 2.23. The molecule has 0 amide bonds. The van der Waals surface area contributed by atoms with Gasteiger partial charge in [-0.2, -0.15) is 0 Å². The topological polar surface area (TPSA) is 117 Å². The van der Waals surface area contributed by atoms with Crippen molar-refractivity contribution in [2.24, 2.45) is 22.2 Å². The van der Waals surface area contributed by atoms with E-state index in [0.29, 0.717) is 11.3 Å². The van der Waals surface area contributed by atoms with Gasteiger partial charge in [0, 0.05) is 0 Å². The highest BCUT2D eigenvalue weighted by atomic mass is 35.5. The first-order valence-corrected chi connectivity index (χ1v) is 5.87. The zero-order valence-corrected chi connectivity index (χ0v) is 12.6. The van der Waals surface area contributed by atoms with Crippen LogP contribution < -0.4 is 17.2 Å². The fourth-order valence-electron chi connectivity index (χ4n) is 1.41. The first-order chi connectivity index (χ1) is 8.69. The molecule has 0 saturated carbocycles. The Hall–Kier alpha value is -1.79. The van der Waals surface area contributed by atoms with Gasteiger partial charge in [-0.15, -0.1) is 12.4 Å². The molecular weight excluding hydrogens is 280 g/mol. The van der Waals surface area contributed by atoms with Crippen LogP contribution >= 0.6 is 12.4 Å². The Balaban J connectivity index is 0.00000361. The number of carbonyl (C=O) groups is 1. The van der Waals surface area contributed by atoms with Gasteiger partial charge in [0.25, 0.3) is 0 Å². The third-order valence-electron chi connectivity index (χ3n) is 2.17. The number of esters is 1. The minimum Gasteiger partial charge on any atom is -0.459 e. The molecule has 7 heteroatoms. The van der Waals surface area contributed by atoms with E-state index in [1.807, 2.05) is 0 Å². The van der Waals surface area contributed by atoms with Gasteiger partial charge in [-0.25, -0.2) is 9.79 Å². The Bertz CT molecular complexity index is 476. The van der Waals surface area contributed by atoms with E-state index >= 15 is 0 Å². The van der Waals surface area contributed by atoms with Crippen molar-refractivity contribution in [1.82, 2.24) is 0 Å². The van der Waals surface area contributed by atoms with E-state index in [1.54, 1.807) is 45.0 Å². The summed E-state index contributed by atoms with van der Waals surface area (Å²) in [7, 11) is 0. The van der Waals surface area contributed by atoms with Crippen LogP contribution in [0, 0.1) is 0 Å². The van der Waals surface area contributed by atoms with Crippen LogP contribution in [0.1, 0.15) is 32.4 Å². The molecule has 0 heterocycles. The lowest BCUT2D eigenvalue weighted by atomic mass is 10.1. The predicted molar refractivity (Wildman–Crippen MR) is 81.9 cm³/mol. The van der Waals surface area contributed by atoms with E-state index in [2.05, 4.69) is 4.99 Å². The van der Waals surface area contributed by atoms with Crippen LogP contribution in [0.2, 0.25) is 0 Å². The van der Waals surface area contributed by atoms with Crippen molar-refractivity contribution >= 4 is 30.0 Å². The van der Waals surface area contributed by atoms with Crippen LogP contribution in [0.25, 0.3) is 0 Å². The summed E-state index contributed by atoms with van der Waals surface area (Å²) in [5, 5.41) is 0. The normalized spacial score (nSPS) is 12.0. The van der Waals surface area contributed by atoms with Crippen molar-refractivity contribution in [3.8, 4) is 0 Å². The Morgan fingerprint density at radius 1 is 1.20 bits per heavy atom. The Morgan fingerprint density at radius 2 is 1.70 bits per heavy atom. The number of hydrogen-bond acceptors (Lipinski definition) is 4. The SMILES string of the molecule is CC(C)(C)OC(=O)C(N)c1ccc(N=C(N)N)cc1.Cl. The number of carbonyl (C=O) groups excluding carboxylic acids is 1. The van der Waals surface area contributed by atoms with Crippen LogP contribution in [0.5, 0.6) is 0 Å². The summed E-state index contributed by atoms with van der Waals surface area (Å²) in [6.45, 7) is 5.37. The van der Waals surface area contributed by atoms with Gasteiger partial charge in [-0.3, -0.25) is 0 Å². The fraction of sp³-hybridized carbons (Fsp3) is 0.385. The van der Waals surface area contributed by atoms with Gasteiger partial charge in [-0.1, -0.05) is 12.1 Å². The van der Waals surface area contributed by atoms with Crippen LogP contribution in [0.4, 0.5) is 5.69 Å². The number of guanidine groups is 1. The molecule has 0 radical (unpaired) electrons. The molecule has 0 aromatic heterocycles. The maximum atomic E-state index is 11.8. The molecule has 0 fully saturated rings. The van der Waals surface area contributed by atoms with Gasteiger partial charge in [0.1, 0.15) is 11.6 Å². The van der Waals surface area contributed by atoms with Crippen molar-refractivity contribution < 1.29 is 9.53 Å². The molecule has 20 heavy (non-hydrogen) atoms. The second-order valence-electron chi connectivity index (χ2n) is 5.14. The molecule has 1 atom stereocenters. The molecule has 0 saturated heterocycles. The second kappa shape index (κ2) is 7.12. The number of nitrogens with zero attached hydrogens (tertiary/aromatic N) is 1. The lowest BCUT2D eigenvalue weighted by Crippen LogP contribution is -2.31. The number of rotatable bonds is 3.